The van der Waals surface area contributed by atoms with Gasteiger partial charge in [-0.2, -0.15) is 0 Å². The molecule has 1 unspecified atom stereocenters. The zero-order valence-corrected chi connectivity index (χ0v) is 13.5. The van der Waals surface area contributed by atoms with E-state index in [0.717, 1.165) is 41.7 Å². The van der Waals surface area contributed by atoms with Crippen molar-refractivity contribution in [2.24, 2.45) is 5.92 Å². The maximum atomic E-state index is 6.16. The first kappa shape index (κ1) is 14.5. The van der Waals surface area contributed by atoms with Gasteiger partial charge in [0.25, 0.3) is 0 Å². The lowest BCUT2D eigenvalue weighted by Gasteiger charge is -2.29. The van der Waals surface area contributed by atoms with Crippen molar-refractivity contribution in [2.75, 3.05) is 13.1 Å². The maximum absolute atomic E-state index is 6.16. The van der Waals surface area contributed by atoms with E-state index in [1.165, 1.54) is 6.39 Å². The zero-order chi connectivity index (χ0) is 14.7. The van der Waals surface area contributed by atoms with Crippen LogP contribution in [-0.4, -0.2) is 29.4 Å². The molecule has 0 spiro atoms. The minimum absolute atomic E-state index is 0.182. The van der Waals surface area contributed by atoms with Crippen molar-refractivity contribution in [3.8, 4) is 17.2 Å². The Morgan fingerprint density at radius 1 is 1.38 bits per heavy atom. The first-order chi connectivity index (χ1) is 10.2. The minimum atomic E-state index is 0.182. The van der Waals surface area contributed by atoms with Crippen molar-refractivity contribution in [1.29, 1.82) is 0 Å². The summed E-state index contributed by atoms with van der Waals surface area (Å²) in [6, 6.07) is 5.82. The molecule has 1 atom stereocenters. The average Bonchev–Trinajstić information content (AvgIpc) is 3.04. The summed E-state index contributed by atoms with van der Waals surface area (Å²) in [5, 5.41) is 11.0. The van der Waals surface area contributed by atoms with Gasteiger partial charge in [-0.05, 0) is 72.9 Å². The molecule has 1 N–H and O–H groups in total. The molecule has 0 saturated carbocycles. The lowest BCUT2D eigenvalue weighted by molar-refractivity contribution is 0.127. The summed E-state index contributed by atoms with van der Waals surface area (Å²) in [5.41, 5.74) is 0.864. The highest BCUT2D eigenvalue weighted by Gasteiger charge is 2.22. The van der Waals surface area contributed by atoms with Crippen molar-refractivity contribution in [1.82, 2.24) is 15.5 Å². The molecule has 21 heavy (non-hydrogen) atoms. The fraction of sp³-hybridized carbons (Fsp3) is 0.467. The van der Waals surface area contributed by atoms with Gasteiger partial charge in [0.1, 0.15) is 5.75 Å². The number of piperidine rings is 1. The highest BCUT2D eigenvalue weighted by Crippen LogP contribution is 2.32. The smallest absolute Gasteiger partial charge is 0.247 e. The van der Waals surface area contributed by atoms with Crippen LogP contribution in [0.2, 0.25) is 0 Å². The quantitative estimate of drug-likeness (QED) is 0.915. The predicted octanol–water partition coefficient (Wildman–Crippen LogP) is 3.27. The van der Waals surface area contributed by atoms with E-state index >= 15 is 0 Å². The first-order valence-electron chi connectivity index (χ1n) is 7.17. The van der Waals surface area contributed by atoms with E-state index < -0.39 is 0 Å². The lowest BCUT2D eigenvalue weighted by atomic mass is 9.93. The van der Waals surface area contributed by atoms with Gasteiger partial charge in [-0.15, -0.1) is 10.2 Å². The molecular weight excluding hydrogens is 334 g/mol. The molecule has 0 radical (unpaired) electrons. The molecule has 0 amide bonds. The third-order valence-corrected chi connectivity index (χ3v) is 4.55. The van der Waals surface area contributed by atoms with Crippen molar-refractivity contribution < 1.29 is 9.15 Å². The molecule has 3 rings (SSSR count). The number of aromatic nitrogens is 2. The summed E-state index contributed by atoms with van der Waals surface area (Å²) in [7, 11) is 0. The van der Waals surface area contributed by atoms with Crippen molar-refractivity contribution in [3.63, 3.8) is 0 Å². The Morgan fingerprint density at radius 2 is 2.19 bits per heavy atom. The normalized spacial score (nSPS) is 17.6. The van der Waals surface area contributed by atoms with Gasteiger partial charge < -0.3 is 14.5 Å². The fourth-order valence-electron chi connectivity index (χ4n) is 2.64. The molecule has 0 bridgehead atoms. The lowest BCUT2D eigenvalue weighted by Crippen LogP contribution is -2.35. The second kappa shape index (κ2) is 6.58. The Kier molecular flexibility index (Phi) is 4.55. The number of ether oxygens (including phenoxy) is 1. The van der Waals surface area contributed by atoms with Gasteiger partial charge in [0.15, 0.2) is 0 Å². The van der Waals surface area contributed by atoms with Crippen molar-refractivity contribution in [2.45, 2.75) is 25.9 Å². The Labute approximate surface area is 132 Å². The number of hydrogen-bond donors (Lipinski definition) is 1. The molecule has 112 valence electrons. The second-order valence-corrected chi connectivity index (χ2v) is 6.15. The van der Waals surface area contributed by atoms with Crippen LogP contribution in [0, 0.1) is 5.92 Å². The fourth-order valence-corrected chi connectivity index (χ4v) is 2.98. The van der Waals surface area contributed by atoms with Crippen LogP contribution in [0.15, 0.2) is 33.5 Å². The summed E-state index contributed by atoms with van der Waals surface area (Å²) in [6.07, 6.45) is 3.82. The number of benzene rings is 1. The average molecular weight is 352 g/mol. The van der Waals surface area contributed by atoms with Crippen LogP contribution < -0.4 is 10.1 Å². The van der Waals surface area contributed by atoms with Gasteiger partial charge in [-0.25, -0.2) is 0 Å². The highest BCUT2D eigenvalue weighted by molar-refractivity contribution is 9.10. The molecule has 2 aromatic rings. The van der Waals surface area contributed by atoms with E-state index in [-0.39, 0.29) is 6.10 Å². The van der Waals surface area contributed by atoms with Gasteiger partial charge in [0.2, 0.25) is 12.3 Å². The van der Waals surface area contributed by atoms with Crippen LogP contribution in [0.3, 0.4) is 0 Å². The molecule has 5 nitrogen and oxygen atoms in total. The van der Waals surface area contributed by atoms with E-state index in [1.807, 2.05) is 18.2 Å². The monoisotopic (exact) mass is 351 g/mol. The molecule has 1 fully saturated rings. The third kappa shape index (κ3) is 3.44. The van der Waals surface area contributed by atoms with Crippen LogP contribution in [-0.2, 0) is 0 Å². The zero-order valence-electron chi connectivity index (χ0n) is 11.9. The first-order valence-corrected chi connectivity index (χ1v) is 7.97. The number of hydrogen-bond acceptors (Lipinski definition) is 5. The van der Waals surface area contributed by atoms with Gasteiger partial charge in [0, 0.05) is 5.56 Å². The Hall–Kier alpha value is -1.40. The summed E-state index contributed by atoms with van der Waals surface area (Å²) in [4.78, 5) is 0. The summed E-state index contributed by atoms with van der Waals surface area (Å²) in [5.74, 6) is 1.91. The van der Waals surface area contributed by atoms with Crippen LogP contribution in [0.4, 0.5) is 0 Å². The summed E-state index contributed by atoms with van der Waals surface area (Å²) >= 11 is 3.54. The topological polar surface area (TPSA) is 60.2 Å². The van der Waals surface area contributed by atoms with Crippen LogP contribution in [0.5, 0.6) is 5.75 Å². The van der Waals surface area contributed by atoms with Crippen molar-refractivity contribution >= 4 is 15.9 Å². The molecule has 0 aliphatic carbocycles. The van der Waals surface area contributed by atoms with Gasteiger partial charge in [0.05, 0.1) is 10.6 Å². The number of nitrogens with zero attached hydrogens (tertiary/aromatic N) is 2. The molecule has 2 heterocycles. The maximum Gasteiger partial charge on any atom is 0.247 e. The highest BCUT2D eigenvalue weighted by atomic mass is 79.9. The minimum Gasteiger partial charge on any atom is -0.489 e. The van der Waals surface area contributed by atoms with E-state index in [9.17, 15) is 0 Å². The summed E-state index contributed by atoms with van der Waals surface area (Å²) in [6.45, 7) is 4.28. The molecule has 1 aromatic carbocycles. The third-order valence-electron chi connectivity index (χ3n) is 3.90. The van der Waals surface area contributed by atoms with E-state index in [2.05, 4.69) is 38.4 Å². The van der Waals surface area contributed by atoms with Crippen molar-refractivity contribution in [3.05, 3.63) is 29.1 Å². The van der Waals surface area contributed by atoms with Gasteiger partial charge in [-0.3, -0.25) is 0 Å². The molecule has 1 aliphatic heterocycles. The molecule has 1 aromatic heterocycles. The van der Waals surface area contributed by atoms with Crippen LogP contribution in [0.25, 0.3) is 11.5 Å². The standard InChI is InChI=1S/C15H18BrN3O2/c1-10(11-4-6-17-7-5-11)21-14-8-12(2-3-13(14)16)15-19-18-9-20-15/h2-3,8-11,17H,4-7H2,1H3. The predicted molar refractivity (Wildman–Crippen MR) is 83.1 cm³/mol. The largest absolute Gasteiger partial charge is 0.489 e. The van der Waals surface area contributed by atoms with Gasteiger partial charge in [-0.1, -0.05) is 0 Å². The Balaban J connectivity index is 1.76. The SMILES string of the molecule is CC(Oc1cc(-c2nnco2)ccc1Br)C1CCNCC1. The van der Waals surface area contributed by atoms with Crippen LogP contribution in [0.1, 0.15) is 19.8 Å². The second-order valence-electron chi connectivity index (χ2n) is 5.30. The Morgan fingerprint density at radius 3 is 2.90 bits per heavy atom. The molecular formula is C15H18BrN3O2. The number of halogens is 1. The summed E-state index contributed by atoms with van der Waals surface area (Å²) < 4.78 is 12.3. The molecule has 1 aliphatic rings. The molecule has 1 saturated heterocycles. The van der Waals surface area contributed by atoms with Gasteiger partial charge >= 0.3 is 0 Å². The van der Waals surface area contributed by atoms with E-state index in [4.69, 9.17) is 9.15 Å². The number of rotatable bonds is 4. The van der Waals surface area contributed by atoms with E-state index in [1.54, 1.807) is 0 Å². The van der Waals surface area contributed by atoms with Crippen LogP contribution >= 0.6 is 15.9 Å². The number of nitrogens with one attached hydrogen (secondary N) is 1. The Bertz CT molecular complexity index is 583. The van der Waals surface area contributed by atoms with E-state index in [0.29, 0.717) is 11.8 Å². The molecule has 6 heteroatoms.